The zero-order valence-corrected chi connectivity index (χ0v) is 34.3. The normalized spacial score (nSPS) is 9.45. The minimum atomic E-state index is -1.91. The molecule has 0 aromatic heterocycles. The summed E-state index contributed by atoms with van der Waals surface area (Å²) in [6.07, 6.45) is 0. The molecule has 0 aliphatic carbocycles. The van der Waals surface area contributed by atoms with Crippen molar-refractivity contribution in [1.29, 1.82) is 0 Å². The molecule has 0 aliphatic heterocycles. The Labute approximate surface area is 329 Å². The van der Waals surface area contributed by atoms with Gasteiger partial charge in [0.05, 0.1) is 0 Å². The fourth-order valence-corrected chi connectivity index (χ4v) is 9.18. The molecule has 0 N–H and O–H groups in total. The van der Waals surface area contributed by atoms with Crippen LogP contribution >= 0.6 is 7.26 Å². The van der Waals surface area contributed by atoms with Crippen LogP contribution in [0.25, 0.3) is 0 Å². The molecule has 7 aromatic rings. The molecule has 49 heavy (non-hydrogen) atoms. The summed E-state index contributed by atoms with van der Waals surface area (Å²) < 4.78 is 0. The van der Waals surface area contributed by atoms with Crippen molar-refractivity contribution in [2.75, 3.05) is 0 Å². The molecular weight excluding hydrogens is 806 g/mol. The standard InChI is InChI=1S/C24H20P.3C7H7.BrH.ClH.Sn/c1-5-13-21(14-6-1)25(22-15-7-2-8-16-22,23-17-9-3-10-18-23)24-19-11-4-12-20-24;3*1-7-5-3-2-4-6-7;;;/h1-20H;3*3-6H,1H3;2*1H;/q+1;3*-1;;;+4/p-2. The molecule has 0 heterocycles. The van der Waals surface area contributed by atoms with Gasteiger partial charge in [-0.1, -0.05) is 93.6 Å². The molecule has 7 aromatic carbocycles. The van der Waals surface area contributed by atoms with Gasteiger partial charge >= 0.3 is 23.9 Å². The molecule has 0 nitrogen and oxygen atoms in total. The first-order valence-corrected chi connectivity index (χ1v) is 17.3. The number of hydrogen-bond acceptors (Lipinski definition) is 0. The van der Waals surface area contributed by atoms with Gasteiger partial charge in [0.2, 0.25) is 0 Å². The summed E-state index contributed by atoms with van der Waals surface area (Å²) in [6.45, 7) is 6.19. The van der Waals surface area contributed by atoms with E-state index in [-0.39, 0.29) is 53.3 Å². The van der Waals surface area contributed by atoms with E-state index >= 15 is 0 Å². The van der Waals surface area contributed by atoms with Crippen LogP contribution < -0.4 is 50.6 Å². The van der Waals surface area contributed by atoms with Gasteiger partial charge in [0.15, 0.2) is 0 Å². The fraction of sp³-hybridized carbons (Fsp3) is 0.0667. The molecular formula is C45H41BrClPSn. The summed E-state index contributed by atoms with van der Waals surface area (Å²) in [6, 6.07) is 76.3. The van der Waals surface area contributed by atoms with E-state index in [9.17, 15) is 0 Å². The third-order valence-corrected chi connectivity index (χ3v) is 11.5. The van der Waals surface area contributed by atoms with Crippen LogP contribution in [0.1, 0.15) is 16.7 Å². The average Bonchev–Trinajstić information content (AvgIpc) is 3.12. The van der Waals surface area contributed by atoms with Crippen molar-refractivity contribution in [2.45, 2.75) is 20.8 Å². The first-order chi connectivity index (χ1) is 22.6. The predicted molar refractivity (Wildman–Crippen MR) is 207 cm³/mol. The van der Waals surface area contributed by atoms with Crippen LogP contribution in [0.2, 0.25) is 0 Å². The number of halogens is 2. The Bertz CT molecular complexity index is 1520. The number of aryl methyl sites for hydroxylation is 3. The van der Waals surface area contributed by atoms with Gasteiger partial charge in [-0.15, -0.1) is 0 Å². The molecule has 0 unspecified atom stereocenters. The van der Waals surface area contributed by atoms with Crippen molar-refractivity contribution < 1.29 is 29.4 Å². The molecule has 0 spiro atoms. The Morgan fingerprint density at radius 2 is 0.510 bits per heavy atom. The van der Waals surface area contributed by atoms with Crippen LogP contribution in [0, 0.1) is 39.0 Å². The predicted octanol–water partition coefficient (Wildman–Crippen LogP) is 3.32. The van der Waals surface area contributed by atoms with Crippen molar-refractivity contribution in [1.82, 2.24) is 0 Å². The van der Waals surface area contributed by atoms with Gasteiger partial charge in [-0.05, 0) is 48.5 Å². The first-order valence-electron chi connectivity index (χ1n) is 15.5. The topological polar surface area (TPSA) is 0 Å². The van der Waals surface area contributed by atoms with Crippen molar-refractivity contribution in [3.63, 3.8) is 0 Å². The summed E-state index contributed by atoms with van der Waals surface area (Å²) in [5, 5.41) is 5.55. The molecule has 0 atom stereocenters. The smallest absolute Gasteiger partial charge is 1.00 e. The van der Waals surface area contributed by atoms with Crippen LogP contribution in [-0.2, 0) is 0 Å². The zero-order chi connectivity index (χ0) is 32.3. The summed E-state index contributed by atoms with van der Waals surface area (Å²) in [5.41, 5.74) is 3.87. The van der Waals surface area contributed by atoms with Gasteiger partial charge in [-0.2, -0.15) is 108 Å². The second-order valence-corrected chi connectivity index (χ2v) is 14.2. The molecule has 0 saturated carbocycles. The molecule has 0 bridgehead atoms. The van der Waals surface area contributed by atoms with Gasteiger partial charge in [-0.3, -0.25) is 0 Å². The quantitative estimate of drug-likeness (QED) is 0.145. The van der Waals surface area contributed by atoms with Crippen LogP contribution in [0.15, 0.2) is 194 Å². The molecule has 7 rings (SSSR count). The largest absolute Gasteiger partial charge is 4.00 e. The maximum Gasteiger partial charge on any atom is 4.00 e. The van der Waals surface area contributed by atoms with Crippen LogP contribution in [0.4, 0.5) is 0 Å². The molecule has 244 valence electrons. The third kappa shape index (κ3) is 13.8. The van der Waals surface area contributed by atoms with Gasteiger partial charge in [0.1, 0.15) is 28.5 Å². The summed E-state index contributed by atoms with van der Waals surface area (Å²) in [7, 11) is -1.91. The van der Waals surface area contributed by atoms with E-state index < -0.39 is 7.26 Å². The van der Waals surface area contributed by atoms with Crippen molar-refractivity contribution in [3.8, 4) is 0 Å². The van der Waals surface area contributed by atoms with Crippen molar-refractivity contribution >= 4 is 52.4 Å². The summed E-state index contributed by atoms with van der Waals surface area (Å²) in [4.78, 5) is 0. The molecule has 0 fully saturated rings. The molecule has 0 saturated heterocycles. The molecule has 0 amide bonds. The minimum absolute atomic E-state index is 0. The van der Waals surface area contributed by atoms with E-state index in [1.54, 1.807) is 0 Å². The van der Waals surface area contributed by atoms with Gasteiger partial charge < -0.3 is 29.4 Å². The maximum absolute atomic E-state index is 2.93. The van der Waals surface area contributed by atoms with E-state index in [2.05, 4.69) is 160 Å². The SMILES string of the molecule is Cc1cc[c-]cc1.Cc1cc[c-]cc1.Cc1cc[c-]cc1.[Br-].[Cl-].[Sn+4].c1ccc([P+](c2ccccc2)(c2ccccc2)c2ccccc2)cc1. The number of benzene rings is 7. The van der Waals surface area contributed by atoms with Crippen LogP contribution in [0.5, 0.6) is 0 Å². The van der Waals surface area contributed by atoms with E-state index in [0.29, 0.717) is 0 Å². The fourth-order valence-electron chi connectivity index (χ4n) is 4.91. The van der Waals surface area contributed by atoms with Gasteiger partial charge in [0, 0.05) is 0 Å². The zero-order valence-electron chi connectivity index (χ0n) is 28.2. The molecule has 0 radical (unpaired) electrons. The monoisotopic (exact) mass is 846 g/mol. The average molecular weight is 847 g/mol. The number of rotatable bonds is 4. The summed E-state index contributed by atoms with van der Waals surface area (Å²) in [5.74, 6) is 0. The maximum atomic E-state index is 2.93. The second kappa shape index (κ2) is 24.6. The van der Waals surface area contributed by atoms with Gasteiger partial charge in [-0.25, -0.2) is 0 Å². The van der Waals surface area contributed by atoms with E-state index in [0.717, 1.165) is 0 Å². The van der Waals surface area contributed by atoms with Crippen molar-refractivity contribution in [3.05, 3.63) is 229 Å². The van der Waals surface area contributed by atoms with Gasteiger partial charge in [0.25, 0.3) is 0 Å². The van der Waals surface area contributed by atoms with Crippen LogP contribution in [0.3, 0.4) is 0 Å². The van der Waals surface area contributed by atoms with E-state index in [1.807, 2.05) is 72.8 Å². The number of hydrogen-bond donors (Lipinski definition) is 0. The minimum Gasteiger partial charge on any atom is -1.00 e. The third-order valence-electron chi connectivity index (χ3n) is 7.23. The second-order valence-electron chi connectivity index (χ2n) is 10.7. The Morgan fingerprint density at radius 1 is 0.327 bits per heavy atom. The van der Waals surface area contributed by atoms with Crippen LogP contribution in [-0.4, -0.2) is 23.9 Å². The molecule has 0 aliphatic rings. The van der Waals surface area contributed by atoms with E-state index in [4.69, 9.17) is 0 Å². The molecule has 4 heteroatoms. The van der Waals surface area contributed by atoms with Crippen molar-refractivity contribution in [2.24, 2.45) is 0 Å². The Kier molecular flexibility index (Phi) is 21.9. The first kappa shape index (κ1) is 43.6. The van der Waals surface area contributed by atoms with E-state index in [1.165, 1.54) is 37.9 Å². The Balaban J connectivity index is 0.000000408. The Hall–Kier alpha value is -3.46. The summed E-state index contributed by atoms with van der Waals surface area (Å²) >= 11 is 0. The Morgan fingerprint density at radius 3 is 0.653 bits per heavy atom.